The molecular weight excluding hydrogens is 488 g/mol. The Bertz CT molecular complexity index is 1390. The van der Waals surface area contributed by atoms with Gasteiger partial charge in [-0.2, -0.15) is 21.9 Å². The van der Waals surface area contributed by atoms with Crippen LogP contribution in [0, 0.1) is 13.8 Å². The topological polar surface area (TPSA) is 111 Å². The Kier molecular flexibility index (Phi) is 7.31. The van der Waals surface area contributed by atoms with Crippen LogP contribution in [0.2, 0.25) is 5.02 Å². The van der Waals surface area contributed by atoms with Gasteiger partial charge in [-0.1, -0.05) is 47.0 Å². The van der Waals surface area contributed by atoms with E-state index >= 15 is 0 Å². The lowest BCUT2D eigenvalue weighted by Crippen LogP contribution is -2.18. The van der Waals surface area contributed by atoms with Crippen LogP contribution < -0.4 is 13.8 Å². The lowest BCUT2D eigenvalue weighted by molar-refractivity contribution is 0.390. The second-order valence-corrected chi connectivity index (χ2v) is 10.7. The Morgan fingerprint density at radius 2 is 1.42 bits per heavy atom. The van der Waals surface area contributed by atoms with Crippen molar-refractivity contribution in [3.8, 4) is 11.5 Å². The van der Waals surface area contributed by atoms with Crippen LogP contribution in [0.15, 0.2) is 75.6 Å². The van der Waals surface area contributed by atoms with Crippen molar-refractivity contribution in [2.24, 2.45) is 5.10 Å². The standard InChI is InChI=1S/C22H21ClN2O6S2/c1-15-4-8-18(9-5-15)32(26,27)25-24-14-17-12-20(23)22(21(13-17)30-3)31-33(28,29)19-10-6-16(2)7-11-19/h4-14,25H,1-3H3/b24-14-. The SMILES string of the molecule is COc1cc(/C=N\NS(=O)(=O)c2ccc(C)cc2)cc(Cl)c1OS(=O)(=O)c1ccc(C)cc1. The van der Waals surface area contributed by atoms with E-state index in [-0.39, 0.29) is 26.3 Å². The molecule has 11 heteroatoms. The van der Waals surface area contributed by atoms with Crippen molar-refractivity contribution in [2.45, 2.75) is 23.6 Å². The Balaban J connectivity index is 1.82. The first kappa shape index (κ1) is 24.6. The zero-order valence-electron chi connectivity index (χ0n) is 17.9. The van der Waals surface area contributed by atoms with Gasteiger partial charge in [-0.25, -0.2) is 4.83 Å². The maximum atomic E-state index is 12.6. The highest BCUT2D eigenvalue weighted by Crippen LogP contribution is 2.38. The predicted octanol–water partition coefficient (Wildman–Crippen LogP) is 4.05. The Morgan fingerprint density at radius 1 is 0.879 bits per heavy atom. The van der Waals surface area contributed by atoms with E-state index < -0.39 is 20.1 Å². The monoisotopic (exact) mass is 508 g/mol. The number of ether oxygens (including phenoxy) is 1. The van der Waals surface area contributed by atoms with Crippen molar-refractivity contribution in [3.05, 3.63) is 82.4 Å². The van der Waals surface area contributed by atoms with Crippen LogP contribution >= 0.6 is 11.6 Å². The van der Waals surface area contributed by atoms with Crippen molar-refractivity contribution >= 4 is 38.0 Å². The zero-order chi connectivity index (χ0) is 24.2. The average Bonchev–Trinajstić information content (AvgIpc) is 2.76. The summed E-state index contributed by atoms with van der Waals surface area (Å²) in [5.74, 6) is -0.168. The molecule has 0 unspecified atom stereocenters. The zero-order valence-corrected chi connectivity index (χ0v) is 20.3. The van der Waals surface area contributed by atoms with E-state index in [0.29, 0.717) is 5.56 Å². The lowest BCUT2D eigenvalue weighted by Gasteiger charge is -2.13. The summed E-state index contributed by atoms with van der Waals surface area (Å²) in [4.78, 5) is 2.13. The van der Waals surface area contributed by atoms with Gasteiger partial charge in [-0.3, -0.25) is 0 Å². The van der Waals surface area contributed by atoms with Gasteiger partial charge >= 0.3 is 10.1 Å². The van der Waals surface area contributed by atoms with Crippen molar-refractivity contribution in [2.75, 3.05) is 7.11 Å². The van der Waals surface area contributed by atoms with Crippen LogP contribution in [0.5, 0.6) is 11.5 Å². The molecule has 0 aliphatic heterocycles. The smallest absolute Gasteiger partial charge is 0.339 e. The molecule has 3 aromatic rings. The van der Waals surface area contributed by atoms with E-state index in [9.17, 15) is 16.8 Å². The van der Waals surface area contributed by atoms with Gasteiger partial charge in [-0.15, -0.1) is 0 Å². The molecule has 33 heavy (non-hydrogen) atoms. The molecule has 0 aliphatic carbocycles. The molecule has 174 valence electrons. The third-order valence-corrected chi connectivity index (χ3v) is 7.23. The molecule has 1 N–H and O–H groups in total. The first-order valence-electron chi connectivity index (χ1n) is 9.52. The number of halogens is 1. The summed E-state index contributed by atoms with van der Waals surface area (Å²) in [6.45, 7) is 3.68. The summed E-state index contributed by atoms with van der Waals surface area (Å²) >= 11 is 6.24. The predicted molar refractivity (Wildman–Crippen MR) is 126 cm³/mol. The maximum Gasteiger partial charge on any atom is 0.339 e. The highest BCUT2D eigenvalue weighted by atomic mass is 35.5. The van der Waals surface area contributed by atoms with E-state index in [0.717, 1.165) is 11.1 Å². The average molecular weight is 509 g/mol. The molecule has 0 saturated carbocycles. The van der Waals surface area contributed by atoms with Gasteiger partial charge in [0.25, 0.3) is 10.0 Å². The fourth-order valence-electron chi connectivity index (χ4n) is 2.70. The molecule has 3 rings (SSSR count). The number of methoxy groups -OCH3 is 1. The van der Waals surface area contributed by atoms with Crippen molar-refractivity contribution in [1.82, 2.24) is 4.83 Å². The molecular formula is C22H21ClN2O6S2. The highest BCUT2D eigenvalue weighted by molar-refractivity contribution is 7.89. The highest BCUT2D eigenvalue weighted by Gasteiger charge is 2.22. The summed E-state index contributed by atoms with van der Waals surface area (Å²) in [7, 11) is -6.70. The van der Waals surface area contributed by atoms with Crippen LogP contribution in [0.1, 0.15) is 16.7 Å². The summed E-state index contributed by atoms with van der Waals surface area (Å²) < 4.78 is 60.3. The van der Waals surface area contributed by atoms with Crippen LogP contribution in [-0.2, 0) is 20.1 Å². The number of sulfonamides is 1. The molecule has 3 aromatic carbocycles. The number of hydrogen-bond donors (Lipinski definition) is 1. The molecule has 0 atom stereocenters. The lowest BCUT2D eigenvalue weighted by atomic mass is 10.2. The third kappa shape index (κ3) is 6.04. The Hall–Kier alpha value is -3.08. The van der Waals surface area contributed by atoms with Gasteiger partial charge in [-0.05, 0) is 55.8 Å². The molecule has 0 fully saturated rings. The Morgan fingerprint density at radius 3 is 1.97 bits per heavy atom. The largest absolute Gasteiger partial charge is 0.493 e. The summed E-state index contributed by atoms with van der Waals surface area (Å²) in [5, 5.41) is 3.69. The molecule has 0 heterocycles. The minimum atomic E-state index is -4.16. The van der Waals surface area contributed by atoms with Crippen LogP contribution in [-0.4, -0.2) is 30.2 Å². The summed E-state index contributed by atoms with van der Waals surface area (Å²) in [6, 6.07) is 15.2. The van der Waals surface area contributed by atoms with E-state index in [4.69, 9.17) is 20.5 Å². The molecule has 0 saturated heterocycles. The normalized spacial score (nSPS) is 12.0. The van der Waals surface area contributed by atoms with Gasteiger partial charge < -0.3 is 8.92 Å². The number of rotatable bonds is 8. The minimum absolute atomic E-state index is 0.0287. The molecule has 0 aromatic heterocycles. The first-order chi connectivity index (χ1) is 15.5. The van der Waals surface area contributed by atoms with Gasteiger partial charge in [0.05, 0.1) is 23.2 Å². The van der Waals surface area contributed by atoms with Crippen LogP contribution in [0.3, 0.4) is 0 Å². The van der Waals surface area contributed by atoms with Crippen molar-refractivity contribution < 1.29 is 25.8 Å². The van der Waals surface area contributed by atoms with E-state index in [1.807, 2.05) is 13.8 Å². The van der Waals surface area contributed by atoms with Gasteiger partial charge in [0.1, 0.15) is 4.90 Å². The van der Waals surface area contributed by atoms with Gasteiger partial charge in [0.2, 0.25) is 5.75 Å². The second kappa shape index (κ2) is 9.82. The fraction of sp³-hybridized carbons (Fsp3) is 0.136. The summed E-state index contributed by atoms with van der Waals surface area (Å²) in [6.07, 6.45) is 1.21. The van der Waals surface area contributed by atoms with E-state index in [2.05, 4.69) is 9.93 Å². The van der Waals surface area contributed by atoms with Crippen LogP contribution in [0.25, 0.3) is 0 Å². The number of aryl methyl sites for hydroxylation is 2. The molecule has 0 amide bonds. The number of hydrogen-bond acceptors (Lipinski definition) is 7. The molecule has 0 spiro atoms. The first-order valence-corrected chi connectivity index (χ1v) is 12.8. The third-order valence-electron chi connectivity index (χ3n) is 4.47. The van der Waals surface area contributed by atoms with E-state index in [1.165, 1.54) is 49.7 Å². The Labute approximate surface area is 198 Å². The number of benzene rings is 3. The van der Waals surface area contributed by atoms with Crippen molar-refractivity contribution in [3.63, 3.8) is 0 Å². The number of nitrogens with zero attached hydrogens (tertiary/aromatic N) is 1. The number of hydrazone groups is 1. The van der Waals surface area contributed by atoms with Crippen molar-refractivity contribution in [1.29, 1.82) is 0 Å². The maximum absolute atomic E-state index is 12.6. The van der Waals surface area contributed by atoms with Gasteiger partial charge in [0.15, 0.2) is 5.75 Å². The fourth-order valence-corrected chi connectivity index (χ4v) is 4.75. The van der Waals surface area contributed by atoms with Crippen LogP contribution in [0.4, 0.5) is 0 Å². The number of nitrogens with one attached hydrogen (secondary N) is 1. The molecule has 8 nitrogen and oxygen atoms in total. The van der Waals surface area contributed by atoms with E-state index in [1.54, 1.807) is 24.3 Å². The van der Waals surface area contributed by atoms with Gasteiger partial charge in [0, 0.05) is 0 Å². The molecule has 0 aliphatic rings. The second-order valence-electron chi connectivity index (χ2n) is 7.05. The quantitative estimate of drug-likeness (QED) is 0.279. The molecule has 0 bridgehead atoms. The summed E-state index contributed by atoms with van der Waals surface area (Å²) in [5.41, 5.74) is 2.17. The molecule has 0 radical (unpaired) electrons. The minimum Gasteiger partial charge on any atom is -0.493 e.